The van der Waals surface area contributed by atoms with Crippen LogP contribution in [0.1, 0.15) is 30.9 Å². The average molecular weight is 358 g/mol. The van der Waals surface area contributed by atoms with Crippen LogP contribution in [0.15, 0.2) is 53.7 Å². The van der Waals surface area contributed by atoms with Crippen molar-refractivity contribution in [2.75, 3.05) is 6.54 Å². The summed E-state index contributed by atoms with van der Waals surface area (Å²) in [5.41, 5.74) is 0.925. The Hall–Kier alpha value is -2.76. The van der Waals surface area contributed by atoms with Gasteiger partial charge in [-0.2, -0.15) is 0 Å². The van der Waals surface area contributed by atoms with Crippen LogP contribution in [0.3, 0.4) is 0 Å². The van der Waals surface area contributed by atoms with Crippen molar-refractivity contribution in [3.8, 4) is 0 Å². The number of amides is 1. The van der Waals surface area contributed by atoms with E-state index in [-0.39, 0.29) is 24.0 Å². The zero-order valence-corrected chi connectivity index (χ0v) is 14.5. The lowest BCUT2D eigenvalue weighted by molar-refractivity contribution is -0.141. The number of hydrogen-bond acceptors (Lipinski definition) is 3. The standard InChI is InChI=1S/C20H20F2N2O2/c1-20(13-18(24-26-20)15-7-3-9-17(22)12-15)19(25)23-10-4-6-14-5-2-8-16(21)11-14/h2-3,5,7-9,11-12H,4,6,10,13H2,1H3,(H,23,25). The van der Waals surface area contributed by atoms with Crippen molar-refractivity contribution in [2.45, 2.75) is 31.8 Å². The second kappa shape index (κ2) is 7.64. The molecule has 1 aliphatic rings. The van der Waals surface area contributed by atoms with Crippen LogP contribution in [0.2, 0.25) is 0 Å². The highest BCUT2D eigenvalue weighted by Crippen LogP contribution is 2.27. The highest BCUT2D eigenvalue weighted by molar-refractivity contribution is 6.05. The second-order valence-electron chi connectivity index (χ2n) is 6.54. The van der Waals surface area contributed by atoms with E-state index in [9.17, 15) is 13.6 Å². The molecule has 0 aromatic heterocycles. The van der Waals surface area contributed by atoms with Gasteiger partial charge in [-0.1, -0.05) is 29.4 Å². The molecule has 1 unspecified atom stereocenters. The van der Waals surface area contributed by atoms with E-state index in [1.54, 1.807) is 25.1 Å². The Kier molecular flexibility index (Phi) is 5.30. The number of nitrogens with zero attached hydrogens (tertiary/aromatic N) is 1. The van der Waals surface area contributed by atoms with Crippen molar-refractivity contribution < 1.29 is 18.4 Å². The summed E-state index contributed by atoms with van der Waals surface area (Å²) in [4.78, 5) is 17.8. The first-order valence-electron chi connectivity index (χ1n) is 8.50. The minimum atomic E-state index is -1.11. The predicted octanol–water partition coefficient (Wildman–Crippen LogP) is 3.60. The molecule has 4 nitrogen and oxygen atoms in total. The van der Waals surface area contributed by atoms with Gasteiger partial charge in [0.15, 0.2) is 0 Å². The summed E-state index contributed by atoms with van der Waals surface area (Å²) >= 11 is 0. The van der Waals surface area contributed by atoms with Crippen molar-refractivity contribution in [1.82, 2.24) is 5.32 Å². The van der Waals surface area contributed by atoms with Crippen molar-refractivity contribution in [1.29, 1.82) is 0 Å². The topological polar surface area (TPSA) is 50.7 Å². The van der Waals surface area contributed by atoms with Crippen LogP contribution in [0.25, 0.3) is 0 Å². The molecule has 2 aromatic carbocycles. The predicted molar refractivity (Wildman–Crippen MR) is 94.8 cm³/mol. The quantitative estimate of drug-likeness (QED) is 0.802. The minimum Gasteiger partial charge on any atom is -0.379 e. The minimum absolute atomic E-state index is 0.263. The monoisotopic (exact) mass is 358 g/mol. The van der Waals surface area contributed by atoms with Gasteiger partial charge in [-0.3, -0.25) is 4.79 Å². The Morgan fingerprint density at radius 2 is 1.92 bits per heavy atom. The zero-order valence-electron chi connectivity index (χ0n) is 14.5. The number of rotatable bonds is 6. The molecule has 0 saturated carbocycles. The van der Waals surface area contributed by atoms with Crippen LogP contribution in [-0.2, 0) is 16.1 Å². The first-order valence-corrected chi connectivity index (χ1v) is 8.50. The molecule has 26 heavy (non-hydrogen) atoms. The smallest absolute Gasteiger partial charge is 0.267 e. The van der Waals surface area contributed by atoms with Gasteiger partial charge in [0.1, 0.15) is 11.6 Å². The van der Waals surface area contributed by atoms with E-state index in [1.165, 1.54) is 24.3 Å². The fraction of sp³-hybridized carbons (Fsp3) is 0.300. The highest BCUT2D eigenvalue weighted by Gasteiger charge is 2.42. The molecule has 0 fully saturated rings. The van der Waals surface area contributed by atoms with Crippen molar-refractivity contribution in [3.63, 3.8) is 0 Å². The third-order valence-corrected chi connectivity index (χ3v) is 4.32. The summed E-state index contributed by atoms with van der Waals surface area (Å²) in [5.74, 6) is -0.895. The lowest BCUT2D eigenvalue weighted by Gasteiger charge is -2.20. The lowest BCUT2D eigenvalue weighted by atomic mass is 9.95. The summed E-state index contributed by atoms with van der Waals surface area (Å²) in [6, 6.07) is 12.5. The summed E-state index contributed by atoms with van der Waals surface area (Å²) in [6.45, 7) is 2.11. The van der Waals surface area contributed by atoms with Crippen LogP contribution in [0, 0.1) is 11.6 Å². The molecular formula is C20H20F2N2O2. The van der Waals surface area contributed by atoms with Crippen molar-refractivity contribution in [2.24, 2.45) is 5.16 Å². The number of carbonyl (C=O) groups is 1. The molecule has 3 rings (SSSR count). The van der Waals surface area contributed by atoms with Crippen LogP contribution in [-0.4, -0.2) is 23.8 Å². The normalized spacial score (nSPS) is 19.0. The number of nitrogens with one attached hydrogen (secondary N) is 1. The molecule has 0 bridgehead atoms. The first kappa shape index (κ1) is 18.0. The molecule has 6 heteroatoms. The fourth-order valence-electron chi connectivity index (χ4n) is 2.86. The van der Waals surface area contributed by atoms with E-state index in [0.717, 1.165) is 5.56 Å². The third kappa shape index (κ3) is 4.25. The van der Waals surface area contributed by atoms with Gasteiger partial charge in [0.05, 0.1) is 5.71 Å². The van der Waals surface area contributed by atoms with Gasteiger partial charge in [0.2, 0.25) is 5.60 Å². The van der Waals surface area contributed by atoms with Crippen molar-refractivity contribution in [3.05, 3.63) is 71.3 Å². The van der Waals surface area contributed by atoms with Gasteiger partial charge in [0, 0.05) is 18.5 Å². The SMILES string of the molecule is CC1(C(=O)NCCCc2cccc(F)c2)CC(c2cccc(F)c2)=NO1. The number of benzene rings is 2. The van der Waals surface area contributed by atoms with E-state index in [1.807, 2.05) is 6.07 Å². The van der Waals surface area contributed by atoms with Crippen molar-refractivity contribution >= 4 is 11.6 Å². The molecule has 1 heterocycles. The summed E-state index contributed by atoms with van der Waals surface area (Å²) in [5, 5.41) is 6.78. The van der Waals surface area contributed by atoms with E-state index in [4.69, 9.17) is 4.84 Å². The van der Waals surface area contributed by atoms with Gasteiger partial charge >= 0.3 is 0 Å². The van der Waals surface area contributed by atoms with E-state index < -0.39 is 5.60 Å². The Labute approximate surface area is 150 Å². The molecule has 1 amide bonds. The molecule has 0 aliphatic carbocycles. The lowest BCUT2D eigenvalue weighted by Crippen LogP contribution is -2.45. The van der Waals surface area contributed by atoms with E-state index >= 15 is 0 Å². The number of halogens is 2. The molecule has 1 N–H and O–H groups in total. The maximum Gasteiger partial charge on any atom is 0.267 e. The highest BCUT2D eigenvalue weighted by atomic mass is 19.1. The van der Waals surface area contributed by atoms with Gasteiger partial charge in [-0.05, 0) is 49.6 Å². The number of hydrogen-bond donors (Lipinski definition) is 1. The summed E-state index contributed by atoms with van der Waals surface area (Å²) < 4.78 is 26.5. The summed E-state index contributed by atoms with van der Waals surface area (Å²) in [6.07, 6.45) is 1.62. The Morgan fingerprint density at radius 1 is 1.19 bits per heavy atom. The fourth-order valence-corrected chi connectivity index (χ4v) is 2.86. The van der Waals surface area contributed by atoms with Crippen LogP contribution in [0.5, 0.6) is 0 Å². The maximum atomic E-state index is 13.3. The van der Waals surface area contributed by atoms with Gasteiger partial charge in [0.25, 0.3) is 5.91 Å². The largest absolute Gasteiger partial charge is 0.379 e. The third-order valence-electron chi connectivity index (χ3n) is 4.32. The maximum absolute atomic E-state index is 13.3. The van der Waals surface area contributed by atoms with Gasteiger partial charge in [-0.25, -0.2) is 8.78 Å². The molecular weight excluding hydrogens is 338 g/mol. The van der Waals surface area contributed by atoms with Crippen LogP contribution < -0.4 is 5.32 Å². The average Bonchev–Trinajstić information content (AvgIpc) is 3.02. The van der Waals surface area contributed by atoms with Crippen LogP contribution >= 0.6 is 0 Å². The molecule has 0 radical (unpaired) electrons. The molecule has 1 atom stereocenters. The Balaban J connectivity index is 1.49. The second-order valence-corrected chi connectivity index (χ2v) is 6.54. The number of oxime groups is 1. The van der Waals surface area contributed by atoms with Gasteiger partial charge < -0.3 is 10.2 Å². The molecule has 0 saturated heterocycles. The van der Waals surface area contributed by atoms with E-state index in [0.29, 0.717) is 30.7 Å². The Morgan fingerprint density at radius 3 is 2.65 bits per heavy atom. The molecule has 2 aromatic rings. The number of carbonyl (C=O) groups excluding carboxylic acids is 1. The molecule has 0 spiro atoms. The Bertz CT molecular complexity index is 838. The summed E-state index contributed by atoms with van der Waals surface area (Å²) in [7, 11) is 0. The molecule has 1 aliphatic heterocycles. The number of aryl methyl sites for hydroxylation is 1. The first-order chi connectivity index (χ1) is 12.5. The van der Waals surface area contributed by atoms with Gasteiger partial charge in [-0.15, -0.1) is 0 Å². The van der Waals surface area contributed by atoms with Crippen LogP contribution in [0.4, 0.5) is 8.78 Å². The van der Waals surface area contributed by atoms with E-state index in [2.05, 4.69) is 10.5 Å². The molecule has 136 valence electrons. The zero-order chi connectivity index (χ0) is 18.6.